The molecule has 1 aromatic carbocycles. The minimum absolute atomic E-state index is 0.0131. The van der Waals surface area contributed by atoms with Crippen LogP contribution in [-0.2, 0) is 0 Å². The summed E-state index contributed by atoms with van der Waals surface area (Å²) in [6.07, 6.45) is 7.77. The number of hydrogen-bond donors (Lipinski definition) is 1. The van der Waals surface area contributed by atoms with Crippen LogP contribution in [0.25, 0.3) is 0 Å². The van der Waals surface area contributed by atoms with Crippen LogP contribution in [0, 0.1) is 12.8 Å². The summed E-state index contributed by atoms with van der Waals surface area (Å²) >= 11 is 1.27. The molecule has 1 aliphatic carbocycles. The lowest BCUT2D eigenvalue weighted by atomic mass is 9.87. The number of hydrogen-bond acceptors (Lipinski definition) is 5. The zero-order chi connectivity index (χ0) is 22.3. The quantitative estimate of drug-likeness (QED) is 0.678. The number of carbonyl (C=O) groups is 2. The maximum atomic E-state index is 13.0. The number of anilines is 1. The molecule has 1 aromatic heterocycles. The van der Waals surface area contributed by atoms with Crippen molar-refractivity contribution in [1.29, 1.82) is 0 Å². The molecule has 8 heteroatoms. The zero-order valence-electron chi connectivity index (χ0n) is 18.7. The molecule has 32 heavy (non-hydrogen) atoms. The molecule has 3 amide bonds. The first-order valence-electron chi connectivity index (χ1n) is 11.6. The van der Waals surface area contributed by atoms with Gasteiger partial charge in [0, 0.05) is 31.7 Å². The number of carbonyl (C=O) groups excluding carboxylic acids is 2. The molecular weight excluding hydrogens is 424 g/mol. The molecule has 172 valence electrons. The van der Waals surface area contributed by atoms with E-state index in [-0.39, 0.29) is 11.9 Å². The summed E-state index contributed by atoms with van der Waals surface area (Å²) in [5.41, 5.74) is 1.53. The number of piperazine rings is 1. The third-order valence-corrected chi connectivity index (χ3v) is 7.11. The van der Waals surface area contributed by atoms with Gasteiger partial charge in [-0.25, -0.2) is 4.79 Å². The largest absolute Gasteiger partial charge is 0.494 e. The fourth-order valence-corrected chi connectivity index (χ4v) is 5.09. The van der Waals surface area contributed by atoms with Gasteiger partial charge in [-0.3, -0.25) is 10.1 Å². The Kier molecular flexibility index (Phi) is 7.63. The molecule has 2 aromatic rings. The maximum Gasteiger partial charge on any atom is 0.322 e. The van der Waals surface area contributed by atoms with Gasteiger partial charge in [0.25, 0.3) is 5.91 Å². The van der Waals surface area contributed by atoms with Gasteiger partial charge in [-0.2, -0.15) is 4.37 Å². The third kappa shape index (κ3) is 6.00. The van der Waals surface area contributed by atoms with Crippen LogP contribution in [-0.4, -0.2) is 58.9 Å². The van der Waals surface area contributed by atoms with E-state index in [1.165, 1.54) is 43.6 Å². The van der Waals surface area contributed by atoms with Crippen LogP contribution in [0.2, 0.25) is 0 Å². The van der Waals surface area contributed by atoms with Gasteiger partial charge in [0.2, 0.25) is 0 Å². The molecule has 2 heterocycles. The second kappa shape index (κ2) is 10.8. The van der Waals surface area contributed by atoms with Gasteiger partial charge in [-0.05, 0) is 55.1 Å². The van der Waals surface area contributed by atoms with Crippen molar-refractivity contribution in [1.82, 2.24) is 14.2 Å². The van der Waals surface area contributed by atoms with Gasteiger partial charge in [0.1, 0.15) is 10.8 Å². The molecule has 0 atom stereocenters. The average molecular weight is 457 g/mol. The van der Waals surface area contributed by atoms with Crippen LogP contribution in [0.3, 0.4) is 0 Å². The summed E-state index contributed by atoms with van der Waals surface area (Å²) in [6, 6.07) is 9.18. The smallest absolute Gasteiger partial charge is 0.322 e. The second-order valence-corrected chi connectivity index (χ2v) is 9.52. The molecule has 0 bridgehead atoms. The Hall–Kier alpha value is -2.61. The molecule has 0 radical (unpaired) electrons. The predicted molar refractivity (Wildman–Crippen MR) is 126 cm³/mol. The molecule has 2 aliphatic rings. The number of rotatable bonds is 6. The van der Waals surface area contributed by atoms with Gasteiger partial charge in [0.05, 0.1) is 12.3 Å². The molecular formula is C24H32N4O3S. The van der Waals surface area contributed by atoms with Gasteiger partial charge < -0.3 is 14.5 Å². The number of aryl methyl sites for hydroxylation is 1. The highest BCUT2D eigenvalue weighted by molar-refractivity contribution is 7.10. The molecule has 1 saturated heterocycles. The summed E-state index contributed by atoms with van der Waals surface area (Å²) in [6.45, 7) is 4.64. The van der Waals surface area contributed by atoms with Crippen LogP contribution in [0.1, 0.15) is 54.6 Å². The minimum Gasteiger partial charge on any atom is -0.494 e. The normalized spacial score (nSPS) is 17.3. The standard InChI is InChI=1S/C24H32N4O3S/c1-18-16-22(32-26-18)25-24(30)28-13-11-27(12-14-28)23(29)20-8-5-9-21(17-20)31-15-10-19-6-3-2-4-7-19/h5,8-9,16-17,19H,2-4,6-7,10-15H2,1H3,(H,25,30). The molecule has 1 aliphatic heterocycles. The number of benzene rings is 1. The molecule has 0 spiro atoms. The van der Waals surface area contributed by atoms with Crippen molar-refractivity contribution in [3.8, 4) is 5.75 Å². The van der Waals surface area contributed by atoms with Crippen molar-refractivity contribution >= 4 is 28.5 Å². The highest BCUT2D eigenvalue weighted by Gasteiger charge is 2.25. The molecule has 1 N–H and O–H groups in total. The van der Waals surface area contributed by atoms with Crippen molar-refractivity contribution in [3.63, 3.8) is 0 Å². The zero-order valence-corrected chi connectivity index (χ0v) is 19.5. The number of ether oxygens (including phenoxy) is 1. The van der Waals surface area contributed by atoms with Crippen LogP contribution in [0.5, 0.6) is 5.75 Å². The predicted octanol–water partition coefficient (Wildman–Crippen LogP) is 4.79. The summed E-state index contributed by atoms with van der Waals surface area (Å²) in [4.78, 5) is 29.0. The summed E-state index contributed by atoms with van der Waals surface area (Å²) in [5.74, 6) is 1.52. The van der Waals surface area contributed by atoms with E-state index in [9.17, 15) is 9.59 Å². The summed E-state index contributed by atoms with van der Waals surface area (Å²) in [7, 11) is 0. The Morgan fingerprint density at radius 3 is 2.56 bits per heavy atom. The Bertz CT molecular complexity index is 917. The average Bonchev–Trinajstić information content (AvgIpc) is 3.24. The Morgan fingerprint density at radius 1 is 1.09 bits per heavy atom. The number of urea groups is 1. The van der Waals surface area contributed by atoms with E-state index >= 15 is 0 Å². The van der Waals surface area contributed by atoms with Gasteiger partial charge in [-0.15, -0.1) is 0 Å². The van der Waals surface area contributed by atoms with E-state index in [0.29, 0.717) is 38.3 Å². The third-order valence-electron chi connectivity index (χ3n) is 6.31. The lowest BCUT2D eigenvalue weighted by Gasteiger charge is -2.34. The van der Waals surface area contributed by atoms with E-state index in [2.05, 4.69) is 9.69 Å². The van der Waals surface area contributed by atoms with Crippen molar-refractivity contribution in [3.05, 3.63) is 41.6 Å². The van der Waals surface area contributed by atoms with E-state index < -0.39 is 0 Å². The number of nitrogens with one attached hydrogen (secondary N) is 1. The van der Waals surface area contributed by atoms with E-state index in [1.54, 1.807) is 4.90 Å². The van der Waals surface area contributed by atoms with Crippen molar-refractivity contribution in [2.45, 2.75) is 45.4 Å². The monoisotopic (exact) mass is 456 g/mol. The van der Waals surface area contributed by atoms with Crippen LogP contribution >= 0.6 is 11.5 Å². The fraction of sp³-hybridized carbons (Fsp3) is 0.542. The summed E-state index contributed by atoms with van der Waals surface area (Å²) in [5, 5.41) is 3.62. The van der Waals surface area contributed by atoms with E-state index in [4.69, 9.17) is 4.74 Å². The lowest BCUT2D eigenvalue weighted by molar-refractivity contribution is 0.0671. The Labute approximate surface area is 193 Å². The molecule has 1 saturated carbocycles. The number of amides is 3. The first-order chi connectivity index (χ1) is 15.6. The van der Waals surface area contributed by atoms with Gasteiger partial charge in [-0.1, -0.05) is 38.2 Å². The highest BCUT2D eigenvalue weighted by Crippen LogP contribution is 2.26. The second-order valence-electron chi connectivity index (χ2n) is 8.71. The topological polar surface area (TPSA) is 74.8 Å². The number of nitrogens with zero attached hydrogens (tertiary/aromatic N) is 3. The molecule has 0 unspecified atom stereocenters. The van der Waals surface area contributed by atoms with Crippen LogP contribution in [0.15, 0.2) is 30.3 Å². The van der Waals surface area contributed by atoms with Crippen molar-refractivity contribution in [2.75, 3.05) is 38.1 Å². The first-order valence-corrected chi connectivity index (χ1v) is 12.4. The van der Waals surface area contributed by atoms with Crippen LogP contribution < -0.4 is 10.1 Å². The summed E-state index contributed by atoms with van der Waals surface area (Å²) < 4.78 is 10.1. The van der Waals surface area contributed by atoms with E-state index in [1.807, 2.05) is 42.2 Å². The lowest BCUT2D eigenvalue weighted by Crippen LogP contribution is -2.51. The molecule has 7 nitrogen and oxygen atoms in total. The van der Waals surface area contributed by atoms with Crippen molar-refractivity contribution in [2.24, 2.45) is 5.92 Å². The maximum absolute atomic E-state index is 13.0. The SMILES string of the molecule is Cc1cc(NC(=O)N2CCN(C(=O)c3cccc(OCCC4CCCCC4)c3)CC2)sn1. The number of aromatic nitrogens is 1. The Balaban J connectivity index is 1.24. The highest BCUT2D eigenvalue weighted by atomic mass is 32.1. The minimum atomic E-state index is -0.144. The van der Waals surface area contributed by atoms with Crippen molar-refractivity contribution < 1.29 is 14.3 Å². The molecule has 4 rings (SSSR count). The van der Waals surface area contributed by atoms with Gasteiger partial charge >= 0.3 is 6.03 Å². The van der Waals surface area contributed by atoms with Crippen LogP contribution in [0.4, 0.5) is 9.80 Å². The fourth-order valence-electron chi connectivity index (χ4n) is 4.44. The van der Waals surface area contributed by atoms with Gasteiger partial charge in [0.15, 0.2) is 0 Å². The Morgan fingerprint density at radius 2 is 1.84 bits per heavy atom. The molecule has 2 fully saturated rings. The van der Waals surface area contributed by atoms with E-state index in [0.717, 1.165) is 28.8 Å². The first kappa shape index (κ1) is 22.6.